The van der Waals surface area contributed by atoms with Crippen molar-refractivity contribution in [2.75, 3.05) is 5.32 Å². The fourth-order valence-electron chi connectivity index (χ4n) is 2.98. The summed E-state index contributed by atoms with van der Waals surface area (Å²) in [5.41, 5.74) is 1.12. The molecule has 0 atom stereocenters. The summed E-state index contributed by atoms with van der Waals surface area (Å²) in [6.45, 7) is 0. The Morgan fingerprint density at radius 3 is 2.06 bits per heavy atom. The van der Waals surface area contributed by atoms with Gasteiger partial charge in [-0.2, -0.15) is 0 Å². The van der Waals surface area contributed by atoms with E-state index in [0.717, 1.165) is 22.5 Å². The van der Waals surface area contributed by atoms with E-state index in [-0.39, 0.29) is 0 Å². The second kappa shape index (κ2) is 4.89. The van der Waals surface area contributed by atoms with E-state index in [9.17, 15) is 0 Å². The zero-order chi connectivity index (χ0) is 11.7. The summed E-state index contributed by atoms with van der Waals surface area (Å²) in [6.07, 6.45) is 8.44. The molecule has 1 aromatic carbocycles. The van der Waals surface area contributed by atoms with E-state index in [1.54, 1.807) is 0 Å². The van der Waals surface area contributed by atoms with Crippen molar-refractivity contribution in [1.29, 1.82) is 0 Å². The Balaban J connectivity index is 1.73. The standard InChI is InChI=1S/C15H20ClN/c16-13-9-1-2-10-14(13)17-15(11-5-3-6-11)12-7-4-8-12/h1-2,9-12,15,17H,3-8H2. The van der Waals surface area contributed by atoms with Crippen LogP contribution in [-0.2, 0) is 0 Å². The molecule has 0 radical (unpaired) electrons. The van der Waals surface area contributed by atoms with Crippen LogP contribution in [0.1, 0.15) is 38.5 Å². The predicted octanol–water partition coefficient (Wildman–Crippen LogP) is 4.72. The zero-order valence-electron chi connectivity index (χ0n) is 10.2. The average Bonchev–Trinajstić information content (AvgIpc) is 2.16. The summed E-state index contributed by atoms with van der Waals surface area (Å²) in [6, 6.07) is 8.80. The molecule has 0 amide bonds. The Kier molecular flexibility index (Phi) is 3.28. The molecule has 0 heterocycles. The molecule has 2 fully saturated rings. The predicted molar refractivity (Wildman–Crippen MR) is 73.5 cm³/mol. The highest BCUT2D eigenvalue weighted by Gasteiger charge is 2.36. The van der Waals surface area contributed by atoms with Gasteiger partial charge in [0.2, 0.25) is 0 Å². The maximum Gasteiger partial charge on any atom is 0.0637 e. The molecule has 0 spiro atoms. The van der Waals surface area contributed by atoms with E-state index in [0.29, 0.717) is 6.04 Å². The normalized spacial score (nSPS) is 21.1. The third-order valence-electron chi connectivity index (χ3n) is 4.51. The van der Waals surface area contributed by atoms with Crippen molar-refractivity contribution in [3.8, 4) is 0 Å². The Morgan fingerprint density at radius 1 is 1.00 bits per heavy atom. The Labute approximate surface area is 109 Å². The molecule has 0 saturated heterocycles. The van der Waals surface area contributed by atoms with Crippen molar-refractivity contribution in [3.05, 3.63) is 29.3 Å². The van der Waals surface area contributed by atoms with E-state index < -0.39 is 0 Å². The monoisotopic (exact) mass is 249 g/mol. The van der Waals surface area contributed by atoms with Crippen LogP contribution in [0, 0.1) is 11.8 Å². The Morgan fingerprint density at radius 2 is 1.59 bits per heavy atom. The quantitative estimate of drug-likeness (QED) is 0.814. The summed E-state index contributed by atoms with van der Waals surface area (Å²) in [4.78, 5) is 0. The van der Waals surface area contributed by atoms with E-state index in [4.69, 9.17) is 11.6 Å². The fraction of sp³-hybridized carbons (Fsp3) is 0.600. The molecular formula is C15H20ClN. The average molecular weight is 250 g/mol. The number of anilines is 1. The number of hydrogen-bond donors (Lipinski definition) is 1. The molecule has 0 aliphatic heterocycles. The molecule has 17 heavy (non-hydrogen) atoms. The molecule has 0 aromatic heterocycles. The number of nitrogens with one attached hydrogen (secondary N) is 1. The Bertz CT molecular complexity index is 368. The van der Waals surface area contributed by atoms with Gasteiger partial charge in [-0.15, -0.1) is 0 Å². The highest BCUT2D eigenvalue weighted by atomic mass is 35.5. The Hall–Kier alpha value is -0.690. The number of hydrogen-bond acceptors (Lipinski definition) is 1. The van der Waals surface area contributed by atoms with Crippen LogP contribution < -0.4 is 5.32 Å². The number of rotatable bonds is 4. The van der Waals surface area contributed by atoms with Crippen molar-refractivity contribution >= 4 is 17.3 Å². The summed E-state index contributed by atoms with van der Waals surface area (Å²) >= 11 is 6.24. The third-order valence-corrected chi connectivity index (χ3v) is 4.84. The molecule has 0 bridgehead atoms. The van der Waals surface area contributed by atoms with E-state index in [2.05, 4.69) is 17.4 Å². The van der Waals surface area contributed by atoms with Gasteiger partial charge in [0, 0.05) is 6.04 Å². The van der Waals surface area contributed by atoms with Gasteiger partial charge in [-0.3, -0.25) is 0 Å². The van der Waals surface area contributed by atoms with Crippen LogP contribution in [0.25, 0.3) is 0 Å². The lowest BCUT2D eigenvalue weighted by Gasteiger charge is -2.43. The molecule has 2 saturated carbocycles. The van der Waals surface area contributed by atoms with Crippen LogP contribution in [0.5, 0.6) is 0 Å². The van der Waals surface area contributed by atoms with Crippen molar-refractivity contribution < 1.29 is 0 Å². The molecule has 0 unspecified atom stereocenters. The minimum atomic E-state index is 0.664. The lowest BCUT2D eigenvalue weighted by molar-refractivity contribution is 0.166. The molecule has 1 N–H and O–H groups in total. The molecule has 2 heteroatoms. The van der Waals surface area contributed by atoms with Crippen LogP contribution >= 0.6 is 11.6 Å². The molecule has 1 nitrogen and oxygen atoms in total. The van der Waals surface area contributed by atoms with Gasteiger partial charge >= 0.3 is 0 Å². The van der Waals surface area contributed by atoms with Crippen molar-refractivity contribution in [2.24, 2.45) is 11.8 Å². The lowest BCUT2D eigenvalue weighted by atomic mass is 9.68. The summed E-state index contributed by atoms with van der Waals surface area (Å²) < 4.78 is 0. The van der Waals surface area contributed by atoms with E-state index >= 15 is 0 Å². The first-order chi connectivity index (χ1) is 8.34. The largest absolute Gasteiger partial charge is 0.381 e. The third kappa shape index (κ3) is 2.30. The van der Waals surface area contributed by atoms with Gasteiger partial charge in [0.15, 0.2) is 0 Å². The van der Waals surface area contributed by atoms with Crippen molar-refractivity contribution in [2.45, 2.75) is 44.6 Å². The second-order valence-corrected chi connectivity index (χ2v) is 5.94. The molecule has 3 rings (SSSR count). The summed E-state index contributed by atoms with van der Waals surface area (Å²) in [7, 11) is 0. The van der Waals surface area contributed by atoms with Gasteiger partial charge in [0.25, 0.3) is 0 Å². The first-order valence-corrected chi connectivity index (χ1v) is 7.23. The van der Waals surface area contributed by atoms with Crippen molar-refractivity contribution in [1.82, 2.24) is 0 Å². The highest BCUT2D eigenvalue weighted by Crippen LogP contribution is 2.42. The number of para-hydroxylation sites is 1. The zero-order valence-corrected chi connectivity index (χ0v) is 10.9. The molecular weight excluding hydrogens is 230 g/mol. The number of halogens is 1. The molecule has 1 aromatic rings. The van der Waals surface area contributed by atoms with Gasteiger partial charge in [-0.1, -0.05) is 36.6 Å². The van der Waals surface area contributed by atoms with Gasteiger partial charge in [-0.05, 0) is 49.7 Å². The van der Waals surface area contributed by atoms with Crippen LogP contribution in [-0.4, -0.2) is 6.04 Å². The van der Waals surface area contributed by atoms with Crippen molar-refractivity contribution in [3.63, 3.8) is 0 Å². The van der Waals surface area contributed by atoms with Crippen LogP contribution in [0.3, 0.4) is 0 Å². The highest BCUT2D eigenvalue weighted by molar-refractivity contribution is 6.33. The van der Waals surface area contributed by atoms with Gasteiger partial charge in [0.1, 0.15) is 0 Å². The minimum Gasteiger partial charge on any atom is -0.381 e. The molecule has 92 valence electrons. The van der Waals surface area contributed by atoms with Gasteiger partial charge < -0.3 is 5.32 Å². The van der Waals surface area contributed by atoms with Crippen LogP contribution in [0.2, 0.25) is 5.02 Å². The smallest absolute Gasteiger partial charge is 0.0637 e. The summed E-state index contributed by atoms with van der Waals surface area (Å²) in [5.74, 6) is 1.77. The maximum absolute atomic E-state index is 6.24. The van der Waals surface area contributed by atoms with Crippen LogP contribution in [0.4, 0.5) is 5.69 Å². The maximum atomic E-state index is 6.24. The molecule has 2 aliphatic rings. The fourth-order valence-corrected chi connectivity index (χ4v) is 3.17. The summed E-state index contributed by atoms with van der Waals surface area (Å²) in [5, 5.41) is 4.58. The second-order valence-electron chi connectivity index (χ2n) is 5.53. The SMILES string of the molecule is Clc1ccccc1NC(C1CCC1)C1CCC1. The minimum absolute atomic E-state index is 0.664. The first kappa shape index (κ1) is 11.4. The first-order valence-electron chi connectivity index (χ1n) is 6.85. The molecule has 2 aliphatic carbocycles. The van der Waals surface area contributed by atoms with Gasteiger partial charge in [0.05, 0.1) is 10.7 Å². The lowest BCUT2D eigenvalue weighted by Crippen LogP contribution is -2.42. The number of benzene rings is 1. The van der Waals surface area contributed by atoms with Crippen LogP contribution in [0.15, 0.2) is 24.3 Å². The van der Waals surface area contributed by atoms with E-state index in [1.165, 1.54) is 38.5 Å². The van der Waals surface area contributed by atoms with E-state index in [1.807, 2.05) is 12.1 Å². The topological polar surface area (TPSA) is 12.0 Å². The van der Waals surface area contributed by atoms with Gasteiger partial charge in [-0.25, -0.2) is 0 Å².